The number of hydrogen-bond acceptors (Lipinski definition) is 5. The second-order valence-corrected chi connectivity index (χ2v) is 8.11. The number of nitrogens with zero attached hydrogens (tertiary/aromatic N) is 3. The molecule has 0 spiro atoms. The van der Waals surface area contributed by atoms with Crippen LogP contribution >= 0.6 is 0 Å². The largest absolute Gasteiger partial charge is 0.505 e. The second-order valence-electron chi connectivity index (χ2n) is 8.11. The molecule has 1 unspecified atom stereocenters. The summed E-state index contributed by atoms with van der Waals surface area (Å²) >= 11 is 0. The Hall–Kier alpha value is -4.20. The highest BCUT2D eigenvalue weighted by molar-refractivity contribution is 5.98. The van der Waals surface area contributed by atoms with Crippen molar-refractivity contribution in [1.29, 1.82) is 0 Å². The molecule has 33 heavy (non-hydrogen) atoms. The maximum atomic E-state index is 12.0. The number of fused-ring (bicyclic) bond motifs is 1. The first-order chi connectivity index (χ1) is 15.8. The normalized spacial score (nSPS) is 12.1. The quantitative estimate of drug-likeness (QED) is 0.402. The third-order valence-corrected chi connectivity index (χ3v) is 5.91. The van der Waals surface area contributed by atoms with Crippen LogP contribution in [0, 0.1) is 0 Å². The number of phenols is 1. The summed E-state index contributed by atoms with van der Waals surface area (Å²) in [6, 6.07) is 15.7. The molecule has 8 nitrogen and oxygen atoms in total. The molecular formula is C25H25N5O3. The second kappa shape index (κ2) is 8.74. The molecule has 0 saturated heterocycles. The number of nitrogens with two attached hydrogens (primary N) is 2. The molecule has 0 aliphatic rings. The number of primary amides is 2. The highest BCUT2D eigenvalue weighted by atomic mass is 16.3. The minimum Gasteiger partial charge on any atom is -0.505 e. The molecule has 8 heteroatoms. The predicted octanol–water partition coefficient (Wildman–Crippen LogP) is 3.43. The number of rotatable bonds is 7. The van der Waals surface area contributed by atoms with Crippen LogP contribution in [-0.2, 0) is 6.42 Å². The van der Waals surface area contributed by atoms with E-state index in [9.17, 15) is 14.7 Å². The van der Waals surface area contributed by atoms with E-state index in [0.717, 1.165) is 12.0 Å². The third-order valence-electron chi connectivity index (χ3n) is 5.91. The van der Waals surface area contributed by atoms with E-state index in [4.69, 9.17) is 11.5 Å². The number of aromatic hydroxyl groups is 1. The highest BCUT2D eigenvalue weighted by Gasteiger charge is 2.19. The van der Waals surface area contributed by atoms with Gasteiger partial charge in [0, 0.05) is 23.1 Å². The number of aromatic nitrogens is 3. The van der Waals surface area contributed by atoms with Crippen molar-refractivity contribution >= 4 is 22.8 Å². The minimum absolute atomic E-state index is 0.0118. The van der Waals surface area contributed by atoms with Crippen LogP contribution in [-0.4, -0.2) is 31.9 Å². The molecule has 3 aromatic carbocycles. The molecular weight excluding hydrogens is 418 g/mol. The number of carbonyl (C=O) groups excluding carboxylic acids is 2. The van der Waals surface area contributed by atoms with Crippen molar-refractivity contribution in [2.45, 2.75) is 32.6 Å². The molecule has 2 amide bonds. The fourth-order valence-corrected chi connectivity index (χ4v) is 3.82. The van der Waals surface area contributed by atoms with Crippen LogP contribution in [0.15, 0.2) is 54.6 Å². The van der Waals surface area contributed by atoms with Crippen LogP contribution < -0.4 is 11.5 Å². The summed E-state index contributed by atoms with van der Waals surface area (Å²) < 4.78 is 0. The van der Waals surface area contributed by atoms with Gasteiger partial charge in [-0.2, -0.15) is 0 Å². The molecule has 0 bridgehead atoms. The maximum absolute atomic E-state index is 12.0. The lowest BCUT2D eigenvalue weighted by molar-refractivity contribution is 0.0987. The molecule has 0 radical (unpaired) electrons. The molecule has 0 aliphatic heterocycles. The SMILES string of the molecule is CCC(C)c1cc(Cc2cc(C(N)=O)ccc2C(N)=O)c(O)c(-n2nc3ccccc3n2)c1. The van der Waals surface area contributed by atoms with E-state index < -0.39 is 11.8 Å². The number of phenolic OH excluding ortho intramolecular Hbond substituents is 1. The Morgan fingerprint density at radius 3 is 2.21 bits per heavy atom. The Morgan fingerprint density at radius 1 is 0.970 bits per heavy atom. The van der Waals surface area contributed by atoms with Crippen LogP contribution in [0.5, 0.6) is 5.75 Å². The monoisotopic (exact) mass is 443 g/mol. The smallest absolute Gasteiger partial charge is 0.248 e. The summed E-state index contributed by atoms with van der Waals surface area (Å²) in [5.74, 6) is -1.04. The van der Waals surface area contributed by atoms with Gasteiger partial charge in [-0.25, -0.2) is 0 Å². The van der Waals surface area contributed by atoms with Gasteiger partial charge in [0.05, 0.1) is 0 Å². The maximum Gasteiger partial charge on any atom is 0.248 e. The van der Waals surface area contributed by atoms with E-state index in [1.165, 1.54) is 23.0 Å². The van der Waals surface area contributed by atoms with Gasteiger partial charge < -0.3 is 16.6 Å². The van der Waals surface area contributed by atoms with Crippen molar-refractivity contribution in [2.24, 2.45) is 11.5 Å². The first kappa shape index (κ1) is 22.0. The van der Waals surface area contributed by atoms with Gasteiger partial charge in [-0.3, -0.25) is 9.59 Å². The predicted molar refractivity (Wildman–Crippen MR) is 126 cm³/mol. The minimum atomic E-state index is -0.626. The van der Waals surface area contributed by atoms with Gasteiger partial charge in [-0.1, -0.05) is 32.0 Å². The number of benzene rings is 3. The van der Waals surface area contributed by atoms with E-state index in [1.807, 2.05) is 36.4 Å². The number of hydrogen-bond donors (Lipinski definition) is 3. The van der Waals surface area contributed by atoms with E-state index >= 15 is 0 Å². The molecule has 4 rings (SSSR count). The Kier molecular flexibility index (Phi) is 5.83. The van der Waals surface area contributed by atoms with Gasteiger partial charge in [0.1, 0.15) is 22.5 Å². The van der Waals surface area contributed by atoms with Crippen molar-refractivity contribution in [3.8, 4) is 11.4 Å². The summed E-state index contributed by atoms with van der Waals surface area (Å²) in [6.45, 7) is 4.17. The van der Waals surface area contributed by atoms with Crippen LogP contribution in [0.1, 0.15) is 63.6 Å². The summed E-state index contributed by atoms with van der Waals surface area (Å²) in [6.07, 6.45) is 1.06. The average Bonchev–Trinajstić information content (AvgIpc) is 3.23. The van der Waals surface area contributed by atoms with Crippen LogP contribution in [0.2, 0.25) is 0 Å². The van der Waals surface area contributed by atoms with Crippen LogP contribution in [0.3, 0.4) is 0 Å². The van der Waals surface area contributed by atoms with Gasteiger partial charge in [0.25, 0.3) is 0 Å². The van der Waals surface area contributed by atoms with Crippen molar-refractivity contribution in [2.75, 3.05) is 0 Å². The van der Waals surface area contributed by atoms with Crippen LogP contribution in [0.4, 0.5) is 0 Å². The first-order valence-corrected chi connectivity index (χ1v) is 10.7. The van der Waals surface area contributed by atoms with Crippen molar-refractivity contribution in [3.05, 3.63) is 82.4 Å². The molecule has 1 atom stereocenters. The molecule has 1 aromatic heterocycles. The Balaban J connectivity index is 1.88. The van der Waals surface area contributed by atoms with E-state index in [1.54, 1.807) is 0 Å². The molecule has 1 heterocycles. The average molecular weight is 444 g/mol. The standard InChI is InChI=1S/C25H25N5O3/c1-3-14(2)16-11-18(12-17-10-15(24(26)32)8-9-19(17)25(27)33)23(31)22(13-16)30-28-20-6-4-5-7-21(20)29-30/h4-11,13-14,31H,3,12H2,1-2H3,(H2,26,32)(H2,27,33). The van der Waals surface area contributed by atoms with Crippen molar-refractivity contribution in [3.63, 3.8) is 0 Å². The fraction of sp³-hybridized carbons (Fsp3) is 0.200. The van der Waals surface area contributed by atoms with Gasteiger partial charge in [-0.15, -0.1) is 15.0 Å². The van der Waals surface area contributed by atoms with Gasteiger partial charge in [0.2, 0.25) is 11.8 Å². The third kappa shape index (κ3) is 4.27. The summed E-state index contributed by atoms with van der Waals surface area (Å²) in [5, 5.41) is 20.2. The molecule has 0 fully saturated rings. The number of amides is 2. The summed E-state index contributed by atoms with van der Waals surface area (Å²) in [4.78, 5) is 25.1. The first-order valence-electron chi connectivity index (χ1n) is 10.7. The van der Waals surface area contributed by atoms with Crippen molar-refractivity contribution < 1.29 is 14.7 Å². The Morgan fingerprint density at radius 2 is 1.64 bits per heavy atom. The molecule has 4 aromatic rings. The fourth-order valence-electron chi connectivity index (χ4n) is 3.82. The molecule has 168 valence electrons. The van der Waals surface area contributed by atoms with E-state index in [-0.39, 0.29) is 29.2 Å². The molecule has 0 saturated carbocycles. The van der Waals surface area contributed by atoms with E-state index in [2.05, 4.69) is 24.0 Å². The lowest BCUT2D eigenvalue weighted by Crippen LogP contribution is -2.17. The molecule has 0 aliphatic carbocycles. The summed E-state index contributed by atoms with van der Waals surface area (Å²) in [5.41, 5.74) is 15.4. The summed E-state index contributed by atoms with van der Waals surface area (Å²) in [7, 11) is 0. The van der Waals surface area contributed by atoms with Gasteiger partial charge in [0.15, 0.2) is 0 Å². The number of carbonyl (C=O) groups is 2. The van der Waals surface area contributed by atoms with E-state index in [0.29, 0.717) is 27.8 Å². The lowest BCUT2D eigenvalue weighted by Gasteiger charge is -2.17. The highest BCUT2D eigenvalue weighted by Crippen LogP contribution is 2.34. The zero-order valence-corrected chi connectivity index (χ0v) is 18.4. The Bertz CT molecular complexity index is 1340. The van der Waals surface area contributed by atoms with Gasteiger partial charge >= 0.3 is 0 Å². The zero-order chi connectivity index (χ0) is 23.7. The zero-order valence-electron chi connectivity index (χ0n) is 18.4. The molecule has 5 N–H and O–H groups in total. The lowest BCUT2D eigenvalue weighted by atomic mass is 9.91. The van der Waals surface area contributed by atoms with Crippen molar-refractivity contribution in [1.82, 2.24) is 15.0 Å². The van der Waals surface area contributed by atoms with Gasteiger partial charge in [-0.05, 0) is 59.9 Å². The Labute approximate surface area is 190 Å². The topological polar surface area (TPSA) is 137 Å². The van der Waals surface area contributed by atoms with Crippen LogP contribution in [0.25, 0.3) is 16.7 Å².